The van der Waals surface area contributed by atoms with Crippen LogP contribution in [0, 0.1) is 0 Å². The van der Waals surface area contributed by atoms with Crippen molar-refractivity contribution in [2.45, 2.75) is 62.8 Å². The lowest BCUT2D eigenvalue weighted by Crippen LogP contribution is -2.15. The maximum Gasteiger partial charge on any atom is 0.408 e. The summed E-state index contributed by atoms with van der Waals surface area (Å²) in [4.78, 5) is 0. The van der Waals surface area contributed by atoms with Crippen molar-refractivity contribution in [3.05, 3.63) is 35.4 Å². The van der Waals surface area contributed by atoms with E-state index in [0.29, 0.717) is 11.5 Å². The Balaban J connectivity index is 2.36. The molecule has 0 N–H and O–H groups in total. The van der Waals surface area contributed by atoms with Crippen LogP contribution in [0.1, 0.15) is 62.0 Å². The fraction of sp³-hybridized carbons (Fsp3) is 0.647. The van der Waals surface area contributed by atoms with E-state index in [9.17, 15) is 17.4 Å². The highest BCUT2D eigenvalue weighted by molar-refractivity contribution is 7.84. The lowest BCUT2D eigenvalue weighted by Gasteiger charge is -2.14. The molecule has 1 rings (SSSR count). The first-order valence-corrected chi connectivity index (χ1v) is 9.91. The van der Waals surface area contributed by atoms with Crippen LogP contribution in [0.4, 0.5) is 13.2 Å². The van der Waals surface area contributed by atoms with Crippen molar-refractivity contribution in [2.24, 2.45) is 0 Å². The van der Waals surface area contributed by atoms with Crippen LogP contribution in [0.5, 0.6) is 0 Å². The van der Waals surface area contributed by atoms with E-state index < -0.39 is 22.4 Å². The third-order valence-corrected chi connectivity index (χ3v) is 5.51. The SMILES string of the molecule is CCCCCCCCS(=O)Cc1ccc(C(Cl)C(F)(F)F)cc1. The highest BCUT2D eigenvalue weighted by Crippen LogP contribution is 2.37. The van der Waals surface area contributed by atoms with Crippen molar-refractivity contribution >= 4 is 22.4 Å². The van der Waals surface area contributed by atoms with Gasteiger partial charge >= 0.3 is 6.18 Å². The molecule has 2 unspecified atom stereocenters. The van der Waals surface area contributed by atoms with Crippen LogP contribution in [0.15, 0.2) is 24.3 Å². The van der Waals surface area contributed by atoms with Crippen LogP contribution in [-0.2, 0) is 16.6 Å². The molecule has 132 valence electrons. The van der Waals surface area contributed by atoms with Gasteiger partial charge in [0.15, 0.2) is 5.38 Å². The minimum atomic E-state index is -4.45. The van der Waals surface area contributed by atoms with E-state index in [1.54, 1.807) is 12.1 Å². The third-order valence-electron chi connectivity index (χ3n) is 3.61. The molecule has 0 fully saturated rings. The molecule has 1 nitrogen and oxygen atoms in total. The van der Waals surface area contributed by atoms with Gasteiger partial charge in [0.2, 0.25) is 0 Å². The van der Waals surface area contributed by atoms with Gasteiger partial charge in [0.25, 0.3) is 0 Å². The number of hydrogen-bond acceptors (Lipinski definition) is 1. The van der Waals surface area contributed by atoms with E-state index in [0.717, 1.165) is 18.4 Å². The molecule has 0 saturated carbocycles. The Morgan fingerprint density at radius 2 is 1.61 bits per heavy atom. The van der Waals surface area contributed by atoms with Gasteiger partial charge in [-0.2, -0.15) is 13.2 Å². The summed E-state index contributed by atoms with van der Waals surface area (Å²) >= 11 is 5.38. The molecule has 23 heavy (non-hydrogen) atoms. The quantitative estimate of drug-likeness (QED) is 0.358. The fourth-order valence-corrected chi connectivity index (χ4v) is 3.65. The topological polar surface area (TPSA) is 17.1 Å². The molecule has 0 aliphatic heterocycles. The summed E-state index contributed by atoms with van der Waals surface area (Å²) in [5, 5.41) is -2.00. The van der Waals surface area contributed by atoms with E-state index in [1.165, 1.54) is 37.8 Å². The summed E-state index contributed by atoms with van der Waals surface area (Å²) in [6.45, 7) is 2.17. The molecular weight excluding hydrogens is 345 g/mol. The van der Waals surface area contributed by atoms with Crippen LogP contribution >= 0.6 is 11.6 Å². The molecule has 0 saturated heterocycles. The van der Waals surface area contributed by atoms with Gasteiger partial charge in [-0.15, -0.1) is 11.6 Å². The smallest absolute Gasteiger partial charge is 0.259 e. The van der Waals surface area contributed by atoms with Crippen molar-refractivity contribution < 1.29 is 17.4 Å². The Morgan fingerprint density at radius 3 is 2.17 bits per heavy atom. The highest BCUT2D eigenvalue weighted by atomic mass is 35.5. The average Bonchev–Trinajstić information content (AvgIpc) is 2.50. The molecule has 0 aliphatic carbocycles. The first-order chi connectivity index (χ1) is 10.8. The largest absolute Gasteiger partial charge is 0.408 e. The van der Waals surface area contributed by atoms with Gasteiger partial charge in [-0.3, -0.25) is 4.21 Å². The molecule has 2 atom stereocenters. The molecule has 6 heteroatoms. The number of hydrogen-bond donors (Lipinski definition) is 0. The summed E-state index contributed by atoms with van der Waals surface area (Å²) in [5.74, 6) is 1.03. The van der Waals surface area contributed by atoms with Gasteiger partial charge < -0.3 is 0 Å². The first kappa shape index (κ1) is 20.5. The van der Waals surface area contributed by atoms with Crippen LogP contribution in [0.2, 0.25) is 0 Å². The lowest BCUT2D eigenvalue weighted by molar-refractivity contribution is -0.131. The number of unbranched alkanes of at least 4 members (excludes halogenated alkanes) is 5. The fourth-order valence-electron chi connectivity index (χ4n) is 2.27. The van der Waals surface area contributed by atoms with Crippen molar-refractivity contribution in [1.82, 2.24) is 0 Å². The Labute approximate surface area is 144 Å². The number of rotatable bonds is 10. The molecule has 1 aromatic carbocycles. The normalized spacial score (nSPS) is 14.7. The number of halogens is 4. The highest BCUT2D eigenvalue weighted by Gasteiger charge is 2.39. The van der Waals surface area contributed by atoms with Gasteiger partial charge in [-0.1, -0.05) is 63.3 Å². The molecule has 0 aromatic heterocycles. The third kappa shape index (κ3) is 8.20. The summed E-state index contributed by atoms with van der Waals surface area (Å²) in [6.07, 6.45) is 2.42. The minimum absolute atomic E-state index is 0.0182. The maximum atomic E-state index is 12.5. The Hall–Kier alpha value is -0.550. The number of benzene rings is 1. The second-order valence-electron chi connectivity index (χ2n) is 5.70. The van der Waals surface area contributed by atoms with Crippen LogP contribution in [0.25, 0.3) is 0 Å². The van der Waals surface area contributed by atoms with Crippen molar-refractivity contribution in [3.63, 3.8) is 0 Å². The average molecular weight is 369 g/mol. The zero-order valence-corrected chi connectivity index (χ0v) is 14.9. The Kier molecular flexibility index (Phi) is 9.22. The summed E-state index contributed by atoms with van der Waals surface area (Å²) in [5.41, 5.74) is 0.800. The van der Waals surface area contributed by atoms with Gasteiger partial charge in [0.05, 0.1) is 0 Å². The maximum absolute atomic E-state index is 12.5. The molecular formula is C17H24ClF3OS. The summed E-state index contributed by atoms with van der Waals surface area (Å²) < 4.78 is 49.5. The van der Waals surface area contributed by atoms with Crippen molar-refractivity contribution in [3.8, 4) is 0 Å². The molecule has 0 radical (unpaired) electrons. The van der Waals surface area contributed by atoms with Crippen LogP contribution < -0.4 is 0 Å². The first-order valence-electron chi connectivity index (χ1n) is 7.99. The Morgan fingerprint density at radius 1 is 1.04 bits per heavy atom. The second-order valence-corrected chi connectivity index (χ2v) is 7.71. The standard InChI is InChI=1S/C17H24ClF3OS/c1-2-3-4-5-6-7-12-23(22)13-14-8-10-15(11-9-14)16(18)17(19,20)21/h8-11,16H,2-7,12-13H2,1H3. The predicted octanol–water partition coefficient (Wildman–Crippen LogP) is 6.14. The van der Waals surface area contributed by atoms with E-state index in [1.807, 2.05) is 0 Å². The van der Waals surface area contributed by atoms with Gasteiger partial charge in [-0.25, -0.2) is 0 Å². The lowest BCUT2D eigenvalue weighted by atomic mass is 10.1. The summed E-state index contributed by atoms with van der Waals surface area (Å²) in [6, 6.07) is 5.88. The monoisotopic (exact) mass is 368 g/mol. The molecule has 1 aromatic rings. The zero-order chi connectivity index (χ0) is 17.3. The van der Waals surface area contributed by atoms with Gasteiger partial charge in [0.1, 0.15) is 0 Å². The Bertz CT molecular complexity index is 474. The van der Waals surface area contributed by atoms with Gasteiger partial charge in [-0.05, 0) is 17.5 Å². The van der Waals surface area contributed by atoms with Gasteiger partial charge in [0, 0.05) is 22.3 Å². The molecule has 0 bridgehead atoms. The molecule has 0 heterocycles. The predicted molar refractivity (Wildman–Crippen MR) is 91.2 cm³/mol. The minimum Gasteiger partial charge on any atom is -0.259 e. The number of alkyl halides is 4. The second kappa shape index (κ2) is 10.3. The van der Waals surface area contributed by atoms with Crippen LogP contribution in [-0.4, -0.2) is 16.1 Å². The van der Waals surface area contributed by atoms with Crippen molar-refractivity contribution in [1.29, 1.82) is 0 Å². The van der Waals surface area contributed by atoms with E-state index in [4.69, 9.17) is 11.6 Å². The van der Waals surface area contributed by atoms with Crippen LogP contribution in [0.3, 0.4) is 0 Å². The van der Waals surface area contributed by atoms with Crippen molar-refractivity contribution in [2.75, 3.05) is 5.75 Å². The molecule has 0 aliphatic rings. The molecule has 0 spiro atoms. The van der Waals surface area contributed by atoms with E-state index >= 15 is 0 Å². The zero-order valence-electron chi connectivity index (χ0n) is 13.4. The van der Waals surface area contributed by atoms with E-state index in [2.05, 4.69) is 6.92 Å². The van der Waals surface area contributed by atoms with E-state index in [-0.39, 0.29) is 5.56 Å². The summed E-state index contributed by atoms with van der Waals surface area (Å²) in [7, 11) is -0.968. The molecule has 0 amide bonds.